The topological polar surface area (TPSA) is 58.9 Å². The highest BCUT2D eigenvalue weighted by Crippen LogP contribution is 2.09. The molecule has 4 heteroatoms. The number of nitrogens with zero attached hydrogens (tertiary/aromatic N) is 1. The van der Waals surface area contributed by atoms with Crippen molar-refractivity contribution in [2.24, 2.45) is 4.99 Å². The van der Waals surface area contributed by atoms with E-state index in [9.17, 15) is 4.79 Å². The maximum atomic E-state index is 10.1. The summed E-state index contributed by atoms with van der Waals surface area (Å²) in [6, 6.07) is 0. The van der Waals surface area contributed by atoms with E-state index in [0.717, 1.165) is 0 Å². The van der Waals surface area contributed by atoms with Gasteiger partial charge in [0.15, 0.2) is 11.5 Å². The van der Waals surface area contributed by atoms with Crippen LogP contribution in [-0.2, 0) is 9.53 Å². The number of aliphatic imine (C=N–C) groups is 1. The fourth-order valence-electron chi connectivity index (χ4n) is 0.492. The highest BCUT2D eigenvalue weighted by Gasteiger charge is 2.21. The molecule has 48 valence electrons. The second-order valence-electron chi connectivity index (χ2n) is 1.48. The van der Waals surface area contributed by atoms with Crippen LogP contribution in [0.15, 0.2) is 17.0 Å². The summed E-state index contributed by atoms with van der Waals surface area (Å²) in [5, 5.41) is 8.28. The lowest BCUT2D eigenvalue weighted by Gasteiger charge is -2.09. The van der Waals surface area contributed by atoms with Gasteiger partial charge in [-0.3, -0.25) is 0 Å². The van der Waals surface area contributed by atoms with Gasteiger partial charge in [0.2, 0.25) is 0 Å². The molecule has 0 saturated carbocycles. The van der Waals surface area contributed by atoms with E-state index in [4.69, 9.17) is 5.11 Å². The zero-order chi connectivity index (χ0) is 6.85. The molecule has 1 aliphatic rings. The van der Waals surface area contributed by atoms with Crippen LogP contribution < -0.4 is 0 Å². The summed E-state index contributed by atoms with van der Waals surface area (Å²) in [6.45, 7) is 0. The molecule has 1 rings (SSSR count). The van der Waals surface area contributed by atoms with Crippen molar-refractivity contribution >= 4 is 11.7 Å². The van der Waals surface area contributed by atoms with Gasteiger partial charge in [0, 0.05) is 0 Å². The molecule has 0 aromatic heterocycles. The average molecular weight is 127 g/mol. The van der Waals surface area contributed by atoms with Gasteiger partial charge in [-0.1, -0.05) is 0 Å². The van der Waals surface area contributed by atoms with Crippen molar-refractivity contribution in [2.75, 3.05) is 7.11 Å². The van der Waals surface area contributed by atoms with Crippen LogP contribution in [0.3, 0.4) is 0 Å². The minimum Gasteiger partial charge on any atom is -0.493 e. The summed E-state index contributed by atoms with van der Waals surface area (Å²) in [5.74, 6) is -0.711. The third-order valence-electron chi connectivity index (χ3n) is 0.967. The highest BCUT2D eigenvalue weighted by atomic mass is 16.5. The number of carboxylic acid groups (broad SMARTS) is 1. The van der Waals surface area contributed by atoms with Gasteiger partial charge in [-0.25, -0.2) is 9.79 Å². The Morgan fingerprint density at radius 1 is 1.89 bits per heavy atom. The summed E-state index contributed by atoms with van der Waals surface area (Å²) in [4.78, 5) is 13.6. The van der Waals surface area contributed by atoms with Gasteiger partial charge in [-0.15, -0.1) is 0 Å². The third kappa shape index (κ3) is 0.782. The van der Waals surface area contributed by atoms with Gasteiger partial charge in [0.25, 0.3) is 0 Å². The zero-order valence-corrected chi connectivity index (χ0v) is 4.79. The molecule has 1 N–H and O–H groups in total. The Balaban J connectivity index is 2.59. The largest absolute Gasteiger partial charge is 0.493 e. The number of hydrogen-bond acceptors (Lipinski definition) is 3. The second-order valence-corrected chi connectivity index (χ2v) is 1.48. The van der Waals surface area contributed by atoms with Crippen LogP contribution in [0.5, 0.6) is 0 Å². The van der Waals surface area contributed by atoms with Crippen LogP contribution in [0.4, 0.5) is 0 Å². The van der Waals surface area contributed by atoms with Crippen LogP contribution in [-0.4, -0.2) is 23.9 Å². The minimum atomic E-state index is -1.05. The van der Waals surface area contributed by atoms with Gasteiger partial charge in [0.1, 0.15) is 0 Å². The Morgan fingerprint density at radius 3 is 2.67 bits per heavy atom. The number of hydrogen-bond donors (Lipinski definition) is 1. The molecular weight excluding hydrogens is 122 g/mol. The number of carbonyl (C=O) groups is 1. The van der Waals surface area contributed by atoms with Crippen LogP contribution in [0.1, 0.15) is 0 Å². The average Bonchev–Trinajstić information content (AvgIpc) is 1.61. The second kappa shape index (κ2) is 1.89. The third-order valence-corrected chi connectivity index (χ3v) is 0.967. The van der Waals surface area contributed by atoms with Crippen LogP contribution in [0.25, 0.3) is 0 Å². The predicted octanol–water partition coefficient (Wildman–Crippen LogP) is 0.0134. The highest BCUT2D eigenvalue weighted by molar-refractivity contribution is 6.43. The number of aliphatic carboxylic acids is 1. The first-order valence-corrected chi connectivity index (χ1v) is 2.31. The Bertz CT molecular complexity index is 204. The quantitative estimate of drug-likeness (QED) is 0.568. The molecule has 0 aliphatic carbocycles. The smallest absolute Gasteiger partial charge is 0.358 e. The standard InChI is InChI=1S/C5H5NO3/c1-9-3-2-6-4(3)5(7)8/h2H,1H3,(H,7,8). The Hall–Kier alpha value is -1.32. The van der Waals surface area contributed by atoms with E-state index in [1.807, 2.05) is 0 Å². The monoisotopic (exact) mass is 127 g/mol. The van der Waals surface area contributed by atoms with E-state index in [1.165, 1.54) is 13.3 Å². The SMILES string of the molecule is COC1=CN=C1C(=O)O. The first-order chi connectivity index (χ1) is 4.25. The number of rotatable bonds is 2. The summed E-state index contributed by atoms with van der Waals surface area (Å²) < 4.78 is 4.61. The maximum absolute atomic E-state index is 10.1. The van der Waals surface area contributed by atoms with Crippen LogP contribution in [0, 0.1) is 0 Å². The number of carboxylic acids is 1. The molecule has 0 aromatic rings. The van der Waals surface area contributed by atoms with E-state index in [1.54, 1.807) is 0 Å². The Labute approximate surface area is 51.5 Å². The molecule has 1 heterocycles. The summed E-state index contributed by atoms with van der Waals surface area (Å²) in [5.41, 5.74) is -0.00231. The molecular formula is C5H5NO3. The molecule has 0 bridgehead atoms. The van der Waals surface area contributed by atoms with Crippen molar-refractivity contribution in [3.63, 3.8) is 0 Å². The van der Waals surface area contributed by atoms with E-state index in [2.05, 4.69) is 9.73 Å². The van der Waals surface area contributed by atoms with E-state index in [0.29, 0.717) is 5.76 Å². The lowest BCUT2D eigenvalue weighted by Crippen LogP contribution is -2.21. The van der Waals surface area contributed by atoms with Crippen LogP contribution in [0.2, 0.25) is 0 Å². The van der Waals surface area contributed by atoms with Gasteiger partial charge in [-0.2, -0.15) is 0 Å². The fourth-order valence-corrected chi connectivity index (χ4v) is 0.492. The van der Waals surface area contributed by atoms with Crippen molar-refractivity contribution in [3.05, 3.63) is 12.0 Å². The van der Waals surface area contributed by atoms with Gasteiger partial charge in [-0.05, 0) is 0 Å². The summed E-state index contributed by atoms with van der Waals surface area (Å²) in [7, 11) is 1.41. The van der Waals surface area contributed by atoms with Gasteiger partial charge in [0.05, 0.1) is 13.3 Å². The molecule has 0 atom stereocenters. The molecule has 0 spiro atoms. The molecule has 9 heavy (non-hydrogen) atoms. The minimum absolute atomic E-state index is 0.00231. The Kier molecular flexibility index (Phi) is 1.22. The number of ether oxygens (including phenoxy) is 1. The molecule has 0 unspecified atom stereocenters. The first kappa shape index (κ1) is 5.81. The van der Waals surface area contributed by atoms with E-state index in [-0.39, 0.29) is 5.71 Å². The molecule has 0 amide bonds. The molecule has 0 fully saturated rings. The van der Waals surface area contributed by atoms with Crippen molar-refractivity contribution in [3.8, 4) is 0 Å². The predicted molar refractivity (Wildman–Crippen MR) is 30.2 cm³/mol. The molecule has 1 aliphatic heterocycles. The lowest BCUT2D eigenvalue weighted by molar-refractivity contribution is -0.129. The molecule has 0 radical (unpaired) electrons. The van der Waals surface area contributed by atoms with Crippen molar-refractivity contribution in [2.45, 2.75) is 0 Å². The zero-order valence-electron chi connectivity index (χ0n) is 4.79. The van der Waals surface area contributed by atoms with Crippen LogP contribution >= 0.6 is 0 Å². The molecule has 0 aromatic carbocycles. The van der Waals surface area contributed by atoms with Gasteiger partial charge < -0.3 is 9.84 Å². The van der Waals surface area contributed by atoms with E-state index >= 15 is 0 Å². The first-order valence-electron chi connectivity index (χ1n) is 2.31. The molecule has 4 nitrogen and oxygen atoms in total. The van der Waals surface area contributed by atoms with Gasteiger partial charge >= 0.3 is 5.97 Å². The van der Waals surface area contributed by atoms with E-state index < -0.39 is 5.97 Å². The van der Waals surface area contributed by atoms with Crippen molar-refractivity contribution in [1.29, 1.82) is 0 Å². The fraction of sp³-hybridized carbons (Fsp3) is 0.200. The van der Waals surface area contributed by atoms with Crippen molar-refractivity contribution < 1.29 is 14.6 Å². The Morgan fingerprint density at radius 2 is 2.56 bits per heavy atom. The summed E-state index contributed by atoms with van der Waals surface area (Å²) >= 11 is 0. The lowest BCUT2D eigenvalue weighted by atomic mass is 10.2. The number of methoxy groups -OCH3 is 1. The van der Waals surface area contributed by atoms with Crippen molar-refractivity contribution in [1.82, 2.24) is 0 Å². The maximum Gasteiger partial charge on any atom is 0.358 e. The summed E-state index contributed by atoms with van der Waals surface area (Å²) in [6.07, 6.45) is 1.36. The molecule has 0 saturated heterocycles. The normalized spacial score (nSPS) is 15.2.